The molecule has 0 radical (unpaired) electrons. The van der Waals surface area contributed by atoms with Crippen molar-refractivity contribution < 1.29 is 13.2 Å². The van der Waals surface area contributed by atoms with Gasteiger partial charge >= 0.3 is 0 Å². The van der Waals surface area contributed by atoms with Gasteiger partial charge in [-0.1, -0.05) is 0 Å². The van der Waals surface area contributed by atoms with Crippen molar-refractivity contribution in [3.63, 3.8) is 0 Å². The fraction of sp³-hybridized carbons (Fsp3) is 1.00. The molecule has 0 aromatic rings. The van der Waals surface area contributed by atoms with Crippen LogP contribution in [0.15, 0.2) is 0 Å². The van der Waals surface area contributed by atoms with Gasteiger partial charge < -0.3 is 10.1 Å². The topological polar surface area (TPSA) is 81.4 Å². The largest absolute Gasteiger partial charge is 0.377 e. The molecule has 3 N–H and O–H groups in total. The van der Waals surface area contributed by atoms with Crippen LogP contribution < -0.4 is 10.5 Å². The molecule has 0 aliphatic carbocycles. The molecule has 80 valence electrons. The Balaban J connectivity index is 3.36. The third-order valence-electron chi connectivity index (χ3n) is 1.45. The lowest BCUT2D eigenvalue weighted by Crippen LogP contribution is -2.32. The minimum atomic E-state index is -3.34. The molecule has 0 aromatic heterocycles. The van der Waals surface area contributed by atoms with Gasteiger partial charge in [-0.3, -0.25) is 0 Å². The van der Waals surface area contributed by atoms with Crippen molar-refractivity contribution in [2.75, 3.05) is 25.4 Å². The van der Waals surface area contributed by atoms with E-state index in [-0.39, 0.29) is 11.9 Å². The predicted octanol–water partition coefficient (Wildman–Crippen LogP) is -0.710. The molecule has 0 aliphatic rings. The molecular formula is C7H18N2O3S. The highest BCUT2D eigenvalue weighted by Gasteiger charge is 2.03. The Morgan fingerprint density at radius 1 is 1.54 bits per heavy atom. The standard InChI is InChI=1S/C7H18N2O3S/c1-3-12-7(2)6-9-4-5-13(8,10)11/h7,9H,3-6H2,1-2H3,(H2,8,10,11). The summed E-state index contributed by atoms with van der Waals surface area (Å²) in [6, 6.07) is 0. The first kappa shape index (κ1) is 12.8. The lowest BCUT2D eigenvalue weighted by Gasteiger charge is -2.11. The number of nitrogens with two attached hydrogens (primary N) is 1. The van der Waals surface area contributed by atoms with Crippen LogP contribution in [0.1, 0.15) is 13.8 Å². The van der Waals surface area contributed by atoms with Crippen molar-refractivity contribution in [1.82, 2.24) is 5.32 Å². The van der Waals surface area contributed by atoms with E-state index in [4.69, 9.17) is 9.88 Å². The van der Waals surface area contributed by atoms with Gasteiger partial charge in [0, 0.05) is 19.7 Å². The van der Waals surface area contributed by atoms with E-state index in [2.05, 4.69) is 5.32 Å². The number of hydrogen-bond acceptors (Lipinski definition) is 4. The summed E-state index contributed by atoms with van der Waals surface area (Å²) in [6.07, 6.45) is 0.102. The molecule has 0 amide bonds. The number of nitrogens with one attached hydrogen (secondary N) is 1. The summed E-state index contributed by atoms with van der Waals surface area (Å²) in [7, 11) is -3.34. The van der Waals surface area contributed by atoms with E-state index in [9.17, 15) is 8.42 Å². The zero-order chi connectivity index (χ0) is 10.3. The van der Waals surface area contributed by atoms with Gasteiger partial charge in [0.2, 0.25) is 10.0 Å². The summed E-state index contributed by atoms with van der Waals surface area (Å²) >= 11 is 0. The Morgan fingerprint density at radius 3 is 2.62 bits per heavy atom. The maximum Gasteiger partial charge on any atom is 0.210 e. The number of ether oxygens (including phenoxy) is 1. The summed E-state index contributed by atoms with van der Waals surface area (Å²) in [4.78, 5) is 0. The Kier molecular flexibility index (Phi) is 6.23. The molecule has 0 spiro atoms. The second kappa shape index (κ2) is 6.31. The van der Waals surface area contributed by atoms with E-state index in [1.807, 2.05) is 13.8 Å². The maximum atomic E-state index is 10.5. The molecule has 1 unspecified atom stereocenters. The van der Waals surface area contributed by atoms with E-state index in [1.54, 1.807) is 0 Å². The third-order valence-corrected chi connectivity index (χ3v) is 2.22. The number of sulfonamides is 1. The Labute approximate surface area is 79.7 Å². The van der Waals surface area contributed by atoms with Crippen molar-refractivity contribution >= 4 is 10.0 Å². The Morgan fingerprint density at radius 2 is 2.15 bits per heavy atom. The lowest BCUT2D eigenvalue weighted by molar-refractivity contribution is 0.0766. The van der Waals surface area contributed by atoms with Gasteiger partial charge in [0.25, 0.3) is 0 Å². The highest BCUT2D eigenvalue weighted by atomic mass is 32.2. The SMILES string of the molecule is CCOC(C)CNCCS(N)(=O)=O. The van der Waals surface area contributed by atoms with Gasteiger partial charge in [0.05, 0.1) is 11.9 Å². The summed E-state index contributed by atoms with van der Waals surface area (Å²) in [5.41, 5.74) is 0. The fourth-order valence-corrected chi connectivity index (χ4v) is 1.29. The molecule has 0 heterocycles. The molecule has 1 atom stereocenters. The number of hydrogen-bond donors (Lipinski definition) is 2. The fourth-order valence-electron chi connectivity index (χ4n) is 0.863. The molecule has 0 bridgehead atoms. The van der Waals surface area contributed by atoms with Crippen molar-refractivity contribution in [2.45, 2.75) is 20.0 Å². The smallest absolute Gasteiger partial charge is 0.210 e. The van der Waals surface area contributed by atoms with Gasteiger partial charge in [-0.05, 0) is 13.8 Å². The van der Waals surface area contributed by atoms with E-state index < -0.39 is 10.0 Å². The first-order chi connectivity index (χ1) is 5.95. The molecule has 0 aliphatic heterocycles. The number of rotatable bonds is 7. The van der Waals surface area contributed by atoms with Gasteiger partial charge in [-0.2, -0.15) is 0 Å². The van der Waals surface area contributed by atoms with Gasteiger partial charge in [-0.25, -0.2) is 13.6 Å². The molecule has 0 rings (SSSR count). The average molecular weight is 210 g/mol. The highest BCUT2D eigenvalue weighted by molar-refractivity contribution is 7.89. The van der Waals surface area contributed by atoms with Crippen molar-refractivity contribution in [3.8, 4) is 0 Å². The predicted molar refractivity (Wildman–Crippen MR) is 51.9 cm³/mol. The second-order valence-corrected chi connectivity index (χ2v) is 4.57. The van der Waals surface area contributed by atoms with Crippen LogP contribution in [-0.2, 0) is 14.8 Å². The van der Waals surface area contributed by atoms with Crippen molar-refractivity contribution in [3.05, 3.63) is 0 Å². The zero-order valence-electron chi connectivity index (χ0n) is 8.12. The maximum absolute atomic E-state index is 10.5. The summed E-state index contributed by atoms with van der Waals surface area (Å²) in [6.45, 7) is 5.52. The van der Waals surface area contributed by atoms with Gasteiger partial charge in [0.1, 0.15) is 0 Å². The van der Waals surface area contributed by atoms with Crippen LogP contribution in [0.25, 0.3) is 0 Å². The molecular weight excluding hydrogens is 192 g/mol. The first-order valence-electron chi connectivity index (χ1n) is 4.28. The molecule has 6 heteroatoms. The highest BCUT2D eigenvalue weighted by Crippen LogP contribution is 1.86. The third kappa shape index (κ3) is 9.75. The molecule has 0 saturated heterocycles. The van der Waals surface area contributed by atoms with Crippen LogP contribution in [0.5, 0.6) is 0 Å². The lowest BCUT2D eigenvalue weighted by atomic mass is 10.4. The summed E-state index contributed by atoms with van der Waals surface area (Å²) in [5, 5.41) is 7.75. The van der Waals surface area contributed by atoms with Crippen molar-refractivity contribution in [2.24, 2.45) is 5.14 Å². The first-order valence-corrected chi connectivity index (χ1v) is 6.00. The van der Waals surface area contributed by atoms with Crippen LogP contribution in [-0.4, -0.2) is 40.0 Å². The summed E-state index contributed by atoms with van der Waals surface area (Å²) < 4.78 is 26.2. The quantitative estimate of drug-likeness (QED) is 0.544. The van der Waals surface area contributed by atoms with Crippen LogP contribution in [0.4, 0.5) is 0 Å². The average Bonchev–Trinajstić information content (AvgIpc) is 1.97. The van der Waals surface area contributed by atoms with Crippen LogP contribution >= 0.6 is 0 Å². The van der Waals surface area contributed by atoms with Gasteiger partial charge in [0.15, 0.2) is 0 Å². The molecule has 13 heavy (non-hydrogen) atoms. The zero-order valence-corrected chi connectivity index (χ0v) is 8.93. The minimum absolute atomic E-state index is 0.0359. The van der Waals surface area contributed by atoms with Crippen LogP contribution in [0.3, 0.4) is 0 Å². The van der Waals surface area contributed by atoms with E-state index in [0.29, 0.717) is 19.7 Å². The van der Waals surface area contributed by atoms with Crippen molar-refractivity contribution in [1.29, 1.82) is 0 Å². The van der Waals surface area contributed by atoms with E-state index in [0.717, 1.165) is 0 Å². The molecule has 0 aromatic carbocycles. The summed E-state index contributed by atoms with van der Waals surface area (Å²) in [5.74, 6) is -0.0359. The van der Waals surface area contributed by atoms with E-state index in [1.165, 1.54) is 0 Å². The van der Waals surface area contributed by atoms with Crippen LogP contribution in [0, 0.1) is 0 Å². The Bertz CT molecular complexity index is 216. The molecule has 0 fully saturated rings. The number of primary sulfonamides is 1. The normalized spacial score (nSPS) is 14.4. The molecule has 5 nitrogen and oxygen atoms in total. The van der Waals surface area contributed by atoms with E-state index >= 15 is 0 Å². The Hall–Kier alpha value is -0.170. The minimum Gasteiger partial charge on any atom is -0.377 e. The second-order valence-electron chi connectivity index (χ2n) is 2.84. The molecule has 0 saturated carbocycles. The van der Waals surface area contributed by atoms with Gasteiger partial charge in [-0.15, -0.1) is 0 Å². The monoisotopic (exact) mass is 210 g/mol. The van der Waals surface area contributed by atoms with Crippen LogP contribution in [0.2, 0.25) is 0 Å².